The summed E-state index contributed by atoms with van der Waals surface area (Å²) < 4.78 is 0.738. The van der Waals surface area contributed by atoms with Crippen molar-refractivity contribution < 1.29 is 4.79 Å². The van der Waals surface area contributed by atoms with Crippen molar-refractivity contribution >= 4 is 40.6 Å². The summed E-state index contributed by atoms with van der Waals surface area (Å²) in [5.74, 6) is -0.759. The maximum Gasteiger partial charge on any atom is 0.226 e. The molecule has 0 aliphatic rings. The van der Waals surface area contributed by atoms with E-state index in [-0.39, 0.29) is 5.91 Å². The van der Waals surface area contributed by atoms with Crippen molar-refractivity contribution in [3.63, 3.8) is 0 Å². The van der Waals surface area contributed by atoms with Crippen LogP contribution in [0.1, 0.15) is 31.0 Å². The van der Waals surface area contributed by atoms with Gasteiger partial charge in [0.15, 0.2) is 0 Å². The first kappa shape index (κ1) is 14.0. The van der Waals surface area contributed by atoms with Gasteiger partial charge in [-0.25, -0.2) is 0 Å². The van der Waals surface area contributed by atoms with Gasteiger partial charge in [-0.2, -0.15) is 0 Å². The number of hydrogen-bond acceptors (Lipinski definition) is 2. The molecule has 0 saturated carbocycles. The molecule has 0 aliphatic heterocycles. The third kappa shape index (κ3) is 2.51. The van der Waals surface area contributed by atoms with Crippen LogP contribution in [0.25, 0.3) is 10.9 Å². The van der Waals surface area contributed by atoms with Crippen LogP contribution in [0.4, 0.5) is 0 Å². The Morgan fingerprint density at radius 2 is 2.21 bits per heavy atom. The monoisotopic (exact) mass is 294 g/mol. The van der Waals surface area contributed by atoms with E-state index in [1.54, 1.807) is 13.0 Å². The normalized spacial score (nSPS) is 12.6. The highest BCUT2D eigenvalue weighted by molar-refractivity contribution is 7.71. The first-order chi connectivity index (χ1) is 8.95. The number of nitrogens with one attached hydrogen (secondary N) is 1. The molecule has 19 heavy (non-hydrogen) atoms. The Morgan fingerprint density at radius 1 is 1.53 bits per heavy atom. The van der Waals surface area contributed by atoms with Gasteiger partial charge in [0.25, 0.3) is 0 Å². The average Bonchev–Trinajstić information content (AvgIpc) is 2.38. The van der Waals surface area contributed by atoms with Gasteiger partial charge in [-0.1, -0.05) is 30.7 Å². The van der Waals surface area contributed by atoms with E-state index in [1.807, 2.05) is 19.1 Å². The number of pyridine rings is 1. The van der Waals surface area contributed by atoms with Gasteiger partial charge in [-0.3, -0.25) is 4.79 Å². The maximum atomic E-state index is 11.4. The second-order valence-electron chi connectivity index (χ2n) is 4.51. The lowest BCUT2D eigenvalue weighted by Crippen LogP contribution is -2.21. The number of carbonyl (C=O) groups excluding carboxylic acids is 1. The predicted octanol–water partition coefficient (Wildman–Crippen LogP) is 3.70. The third-order valence-electron chi connectivity index (χ3n) is 3.31. The molecule has 0 aliphatic carbocycles. The van der Waals surface area contributed by atoms with Crippen molar-refractivity contribution in [2.45, 2.75) is 26.2 Å². The summed E-state index contributed by atoms with van der Waals surface area (Å²) in [5, 5.41) is 1.55. The lowest BCUT2D eigenvalue weighted by molar-refractivity contribution is -0.119. The van der Waals surface area contributed by atoms with Crippen LogP contribution < -0.4 is 5.73 Å². The molecular formula is C14H15ClN2OS. The van der Waals surface area contributed by atoms with E-state index in [2.05, 4.69) is 4.98 Å². The summed E-state index contributed by atoms with van der Waals surface area (Å²) in [7, 11) is 0. The molecular weight excluding hydrogens is 280 g/mol. The summed E-state index contributed by atoms with van der Waals surface area (Å²) in [6, 6.07) is 5.50. The smallest absolute Gasteiger partial charge is 0.226 e. The Bertz CT molecular complexity index is 708. The van der Waals surface area contributed by atoms with Gasteiger partial charge in [0.2, 0.25) is 5.91 Å². The summed E-state index contributed by atoms with van der Waals surface area (Å²) in [5.41, 5.74) is 8.02. The first-order valence-electron chi connectivity index (χ1n) is 6.09. The summed E-state index contributed by atoms with van der Waals surface area (Å²) in [6.45, 7) is 3.79. The first-order valence-corrected chi connectivity index (χ1v) is 6.88. The Labute approximate surface area is 121 Å². The number of fused-ring (bicyclic) bond motifs is 1. The highest BCUT2D eigenvalue weighted by atomic mass is 35.5. The fourth-order valence-electron chi connectivity index (χ4n) is 2.18. The van der Waals surface area contributed by atoms with Crippen molar-refractivity contribution in [1.29, 1.82) is 0 Å². The molecule has 1 heterocycles. The second kappa shape index (κ2) is 5.31. The Balaban J connectivity index is 2.83. The van der Waals surface area contributed by atoms with Crippen molar-refractivity contribution in [3.8, 4) is 0 Å². The molecule has 3 nitrogen and oxygen atoms in total. The summed E-state index contributed by atoms with van der Waals surface area (Å²) in [4.78, 5) is 14.7. The van der Waals surface area contributed by atoms with Gasteiger partial charge in [-0.05, 0) is 37.1 Å². The largest absolute Gasteiger partial charge is 0.369 e. The van der Waals surface area contributed by atoms with Crippen molar-refractivity contribution in [2.24, 2.45) is 5.73 Å². The summed E-state index contributed by atoms with van der Waals surface area (Å²) in [6.07, 6.45) is 0.741. The number of aromatic amines is 1. The van der Waals surface area contributed by atoms with E-state index in [0.29, 0.717) is 5.02 Å². The Morgan fingerprint density at radius 3 is 2.79 bits per heavy atom. The van der Waals surface area contributed by atoms with Crippen LogP contribution in [-0.4, -0.2) is 10.9 Å². The molecule has 1 amide bonds. The third-order valence-corrected chi connectivity index (χ3v) is 4.01. The SMILES string of the molecule is CCc1c(C(C)C(N)=O)[nH]c2ccc(Cl)cc2c1=S. The zero-order chi connectivity index (χ0) is 14.2. The number of halogens is 1. The number of rotatable bonds is 3. The van der Waals surface area contributed by atoms with E-state index in [1.165, 1.54) is 0 Å². The van der Waals surface area contributed by atoms with E-state index in [4.69, 9.17) is 29.6 Å². The zero-order valence-electron chi connectivity index (χ0n) is 10.8. The van der Waals surface area contributed by atoms with Gasteiger partial charge in [0, 0.05) is 21.6 Å². The van der Waals surface area contributed by atoms with Crippen molar-refractivity contribution in [3.05, 3.63) is 39.0 Å². The van der Waals surface area contributed by atoms with Gasteiger partial charge < -0.3 is 10.7 Å². The van der Waals surface area contributed by atoms with Gasteiger partial charge in [0.1, 0.15) is 0 Å². The maximum absolute atomic E-state index is 11.4. The van der Waals surface area contributed by atoms with Gasteiger partial charge >= 0.3 is 0 Å². The number of H-pyrrole nitrogens is 1. The molecule has 0 saturated heterocycles. The van der Waals surface area contributed by atoms with Gasteiger partial charge in [0.05, 0.1) is 10.4 Å². The number of benzene rings is 1. The van der Waals surface area contributed by atoms with Gasteiger partial charge in [-0.15, -0.1) is 0 Å². The number of hydrogen-bond donors (Lipinski definition) is 2. The Hall–Kier alpha value is -1.39. The van der Waals surface area contributed by atoms with Crippen LogP contribution in [-0.2, 0) is 11.2 Å². The van der Waals surface area contributed by atoms with Crippen LogP contribution in [0.2, 0.25) is 5.02 Å². The topological polar surface area (TPSA) is 58.9 Å². The lowest BCUT2D eigenvalue weighted by Gasteiger charge is -2.15. The van der Waals surface area contributed by atoms with Crippen molar-refractivity contribution in [1.82, 2.24) is 4.98 Å². The Kier molecular flexibility index (Phi) is 3.92. The molecule has 0 fully saturated rings. The van der Waals surface area contributed by atoms with E-state index >= 15 is 0 Å². The molecule has 0 bridgehead atoms. The molecule has 1 aromatic carbocycles. The number of nitrogens with two attached hydrogens (primary N) is 1. The lowest BCUT2D eigenvalue weighted by atomic mass is 9.98. The number of primary amides is 1. The highest BCUT2D eigenvalue weighted by Crippen LogP contribution is 2.27. The van der Waals surface area contributed by atoms with Crippen LogP contribution in [0.15, 0.2) is 18.2 Å². The van der Waals surface area contributed by atoms with E-state index in [9.17, 15) is 4.79 Å². The van der Waals surface area contributed by atoms with E-state index in [0.717, 1.165) is 33.1 Å². The molecule has 1 unspecified atom stereocenters. The molecule has 0 spiro atoms. The number of carbonyl (C=O) groups is 1. The molecule has 2 rings (SSSR count). The van der Waals surface area contributed by atoms with Crippen LogP contribution >= 0.6 is 23.8 Å². The fraction of sp³-hybridized carbons (Fsp3) is 0.286. The second-order valence-corrected chi connectivity index (χ2v) is 5.36. The molecule has 100 valence electrons. The molecule has 3 N–H and O–H groups in total. The minimum Gasteiger partial charge on any atom is -0.369 e. The highest BCUT2D eigenvalue weighted by Gasteiger charge is 2.18. The summed E-state index contributed by atoms with van der Waals surface area (Å²) >= 11 is 11.5. The minimum absolute atomic E-state index is 0.367. The average molecular weight is 295 g/mol. The standard InChI is InChI=1S/C14H15ClN2OS/c1-3-9-12(7(2)14(16)18)17-11-5-4-8(15)6-10(11)13(9)19/h4-7H,3H2,1-2H3,(H2,16,18)(H,17,19). The molecule has 5 heteroatoms. The zero-order valence-corrected chi connectivity index (χ0v) is 12.4. The van der Waals surface area contributed by atoms with Crippen LogP contribution in [0, 0.1) is 4.51 Å². The molecule has 1 aromatic heterocycles. The quantitative estimate of drug-likeness (QED) is 0.848. The number of amides is 1. The number of aromatic nitrogens is 1. The molecule has 2 aromatic rings. The van der Waals surface area contributed by atoms with Crippen LogP contribution in [0.3, 0.4) is 0 Å². The molecule has 1 atom stereocenters. The van der Waals surface area contributed by atoms with Crippen LogP contribution in [0.5, 0.6) is 0 Å². The molecule has 0 radical (unpaired) electrons. The van der Waals surface area contributed by atoms with E-state index < -0.39 is 5.92 Å². The predicted molar refractivity (Wildman–Crippen MR) is 81.1 cm³/mol. The van der Waals surface area contributed by atoms with Crippen molar-refractivity contribution in [2.75, 3.05) is 0 Å². The minimum atomic E-state index is -0.392. The fourth-order valence-corrected chi connectivity index (χ4v) is 2.78.